The number of ketones is 2. The van der Waals surface area contributed by atoms with Crippen LogP contribution in [0.15, 0.2) is 0 Å². The van der Waals surface area contributed by atoms with E-state index in [1.165, 1.54) is 14.2 Å². The second kappa shape index (κ2) is 3.03. The SMILES string of the molecule is COC1(OC)[C@]2(Cl)[C@@H]3C(=O)[C@@H]4[C@@H]5C(=O)[C@H]3[C@]1(Cl)[C@]5(Cl)[C@]42Cl. The van der Waals surface area contributed by atoms with Crippen LogP contribution in [0, 0.1) is 23.7 Å². The molecule has 21 heavy (non-hydrogen) atoms. The van der Waals surface area contributed by atoms with Crippen LogP contribution in [0.1, 0.15) is 0 Å². The van der Waals surface area contributed by atoms with Crippen molar-refractivity contribution < 1.29 is 19.1 Å². The molecule has 5 aliphatic carbocycles. The number of Topliss-reactive ketones (excluding diaryl/α,β-unsaturated/α-hetero) is 2. The van der Waals surface area contributed by atoms with Crippen molar-refractivity contribution in [1.82, 2.24) is 0 Å². The number of fused-ring (bicyclic) bond motifs is 2. The molecule has 0 aliphatic heterocycles. The quantitative estimate of drug-likeness (QED) is 0.546. The monoisotopic (exact) mass is 370 g/mol. The normalized spacial score (nSPS) is 67.3. The fraction of sp³-hybridized carbons (Fsp3) is 0.846. The number of rotatable bonds is 2. The summed E-state index contributed by atoms with van der Waals surface area (Å²) >= 11 is 27.4. The molecule has 0 saturated heterocycles. The third-order valence-electron chi connectivity index (χ3n) is 6.73. The van der Waals surface area contributed by atoms with E-state index < -0.39 is 49.0 Å². The van der Waals surface area contributed by atoms with Crippen LogP contribution >= 0.6 is 46.4 Å². The molecule has 5 rings (SSSR count). The minimum atomic E-state index is -1.58. The van der Waals surface area contributed by atoms with E-state index in [2.05, 4.69) is 0 Å². The van der Waals surface area contributed by atoms with Crippen LogP contribution in [0.2, 0.25) is 0 Å². The zero-order valence-electron chi connectivity index (χ0n) is 11.0. The maximum absolute atomic E-state index is 12.7. The minimum absolute atomic E-state index is 0.135. The maximum Gasteiger partial charge on any atom is 0.211 e. The Balaban J connectivity index is 1.99. The first-order valence-corrected chi connectivity index (χ1v) is 8.13. The molecule has 0 spiro atoms. The Bertz CT molecular complexity index is 613. The highest BCUT2D eigenvalue weighted by Crippen LogP contribution is 2.95. The topological polar surface area (TPSA) is 52.6 Å². The highest BCUT2D eigenvalue weighted by atomic mass is 35.5. The lowest BCUT2D eigenvalue weighted by Crippen LogP contribution is -2.73. The Morgan fingerprint density at radius 3 is 1.29 bits per heavy atom. The predicted octanol–water partition coefficient (Wildman–Crippen LogP) is 1.56. The van der Waals surface area contributed by atoms with Gasteiger partial charge in [-0.3, -0.25) is 9.59 Å². The standard InChI is InChI=1S/C13H10Cl4O4/c1-20-13(21-2)11(16)5-6-8(19)4-3(7(5)18)9(11,14)10(4,15)12(6,13)17/h3-6H,1-2H3/t3-,4+,5-,6-,9+,10+,11-,12-/m0/s1. The molecule has 0 amide bonds. The average molecular weight is 372 g/mol. The molecule has 0 aromatic carbocycles. The third kappa shape index (κ3) is 0.701. The molecular formula is C13H10Cl4O4. The second-order valence-corrected chi connectivity index (χ2v) is 8.97. The smallest absolute Gasteiger partial charge is 0.211 e. The zero-order valence-corrected chi connectivity index (χ0v) is 14.0. The van der Waals surface area contributed by atoms with Crippen molar-refractivity contribution in [3.05, 3.63) is 0 Å². The van der Waals surface area contributed by atoms with E-state index in [1.54, 1.807) is 0 Å². The molecule has 0 unspecified atom stereocenters. The van der Waals surface area contributed by atoms with Gasteiger partial charge >= 0.3 is 0 Å². The third-order valence-corrected chi connectivity index (χ3v) is 10.2. The van der Waals surface area contributed by atoms with E-state index in [-0.39, 0.29) is 11.6 Å². The van der Waals surface area contributed by atoms with Gasteiger partial charge in [-0.15, -0.1) is 46.4 Å². The molecule has 8 heteroatoms. The molecule has 5 saturated carbocycles. The van der Waals surface area contributed by atoms with Crippen molar-refractivity contribution in [2.45, 2.75) is 25.3 Å². The fourth-order valence-electron chi connectivity index (χ4n) is 6.37. The summed E-state index contributed by atoms with van der Waals surface area (Å²) in [6.07, 6.45) is 0. The average Bonchev–Trinajstić information content (AvgIpc) is 2.73. The van der Waals surface area contributed by atoms with E-state index >= 15 is 0 Å². The molecule has 0 N–H and O–H groups in total. The summed E-state index contributed by atoms with van der Waals surface area (Å²) < 4.78 is 11.2. The molecular weight excluding hydrogens is 362 g/mol. The summed E-state index contributed by atoms with van der Waals surface area (Å²) in [5, 5.41) is 0. The first-order valence-electron chi connectivity index (χ1n) is 6.61. The van der Waals surface area contributed by atoms with Crippen LogP contribution in [0.3, 0.4) is 0 Å². The Morgan fingerprint density at radius 2 is 1.00 bits per heavy atom. The number of hydrogen-bond acceptors (Lipinski definition) is 4. The summed E-state index contributed by atoms with van der Waals surface area (Å²) in [7, 11) is 2.77. The van der Waals surface area contributed by atoms with Crippen LogP contribution in [0.4, 0.5) is 0 Å². The van der Waals surface area contributed by atoms with Gasteiger partial charge in [0.1, 0.15) is 31.1 Å². The van der Waals surface area contributed by atoms with Crippen LogP contribution in [-0.4, -0.2) is 51.1 Å². The number of carbonyl (C=O) groups excluding carboxylic acids is 2. The van der Waals surface area contributed by atoms with Gasteiger partial charge in [-0.1, -0.05) is 0 Å². The van der Waals surface area contributed by atoms with Gasteiger partial charge in [0, 0.05) is 14.2 Å². The van der Waals surface area contributed by atoms with Crippen molar-refractivity contribution in [3.63, 3.8) is 0 Å². The number of halogens is 4. The molecule has 0 radical (unpaired) electrons. The number of methoxy groups -OCH3 is 2. The lowest BCUT2D eigenvalue weighted by molar-refractivity contribution is -0.224. The van der Waals surface area contributed by atoms with E-state index in [0.29, 0.717) is 0 Å². The van der Waals surface area contributed by atoms with Crippen molar-refractivity contribution in [2.24, 2.45) is 23.7 Å². The van der Waals surface area contributed by atoms with Crippen LogP contribution in [0.25, 0.3) is 0 Å². The van der Waals surface area contributed by atoms with Crippen molar-refractivity contribution in [3.8, 4) is 0 Å². The first-order chi connectivity index (χ1) is 9.68. The molecule has 8 atom stereocenters. The number of ether oxygens (including phenoxy) is 2. The lowest BCUT2D eigenvalue weighted by atomic mass is 9.57. The van der Waals surface area contributed by atoms with Crippen LogP contribution in [0.5, 0.6) is 0 Å². The molecule has 5 fully saturated rings. The molecule has 114 valence electrons. The van der Waals surface area contributed by atoms with Gasteiger partial charge in [-0.2, -0.15) is 0 Å². The molecule has 0 aromatic rings. The van der Waals surface area contributed by atoms with E-state index in [4.69, 9.17) is 55.9 Å². The molecule has 4 nitrogen and oxygen atoms in total. The van der Waals surface area contributed by atoms with Crippen LogP contribution < -0.4 is 0 Å². The Hall–Kier alpha value is 0.420. The summed E-state index contributed by atoms with van der Waals surface area (Å²) in [6.45, 7) is 0. The highest BCUT2D eigenvalue weighted by molar-refractivity contribution is 6.56. The minimum Gasteiger partial charge on any atom is -0.350 e. The second-order valence-electron chi connectivity index (χ2n) is 6.59. The fourth-order valence-corrected chi connectivity index (χ4v) is 9.60. The molecule has 0 aromatic heterocycles. The Morgan fingerprint density at radius 1 is 0.714 bits per heavy atom. The number of carbonyl (C=O) groups is 2. The van der Waals surface area contributed by atoms with Crippen LogP contribution in [-0.2, 0) is 19.1 Å². The van der Waals surface area contributed by atoms with Crippen molar-refractivity contribution >= 4 is 58.0 Å². The van der Waals surface area contributed by atoms with Crippen molar-refractivity contribution in [2.75, 3.05) is 14.2 Å². The maximum atomic E-state index is 12.7. The molecule has 0 heterocycles. The van der Waals surface area contributed by atoms with E-state index in [1.807, 2.05) is 0 Å². The van der Waals surface area contributed by atoms with Gasteiger partial charge in [-0.05, 0) is 0 Å². The van der Waals surface area contributed by atoms with E-state index in [0.717, 1.165) is 0 Å². The van der Waals surface area contributed by atoms with Crippen molar-refractivity contribution in [1.29, 1.82) is 0 Å². The summed E-state index contributed by atoms with van der Waals surface area (Å²) in [5.74, 6) is -4.86. The highest BCUT2D eigenvalue weighted by Gasteiger charge is 3.12. The number of alkyl halides is 4. The van der Waals surface area contributed by atoms with E-state index in [9.17, 15) is 9.59 Å². The lowest BCUT2D eigenvalue weighted by Gasteiger charge is -2.57. The first kappa shape index (κ1) is 13.8. The van der Waals surface area contributed by atoms with Gasteiger partial charge in [0.2, 0.25) is 5.79 Å². The van der Waals surface area contributed by atoms with Gasteiger partial charge in [0.05, 0.1) is 23.7 Å². The summed E-state index contributed by atoms with van der Waals surface area (Å²) in [4.78, 5) is 19.9. The predicted molar refractivity (Wildman–Crippen MR) is 75.1 cm³/mol. The Labute approximate surface area is 140 Å². The molecule has 5 aliphatic rings. The summed E-state index contributed by atoms with van der Waals surface area (Å²) in [5.41, 5.74) is 0. The molecule has 2 bridgehead atoms. The zero-order chi connectivity index (χ0) is 15.4. The summed E-state index contributed by atoms with van der Waals surface area (Å²) in [6, 6.07) is 0. The van der Waals surface area contributed by atoms with Gasteiger partial charge in [0.25, 0.3) is 0 Å². The largest absolute Gasteiger partial charge is 0.350 e. The van der Waals surface area contributed by atoms with Gasteiger partial charge in [0.15, 0.2) is 0 Å². The Kier molecular flexibility index (Phi) is 1.99. The van der Waals surface area contributed by atoms with Gasteiger partial charge < -0.3 is 9.47 Å². The van der Waals surface area contributed by atoms with Gasteiger partial charge in [-0.25, -0.2) is 0 Å². The number of hydrogen-bond donors (Lipinski definition) is 0.